The number of halogens is 3. The van der Waals surface area contributed by atoms with Crippen molar-refractivity contribution in [3.05, 3.63) is 59.4 Å². The van der Waals surface area contributed by atoms with Gasteiger partial charge < -0.3 is 14.5 Å². The van der Waals surface area contributed by atoms with Crippen LogP contribution in [0.5, 0.6) is 5.75 Å². The molecule has 8 heteroatoms. The Morgan fingerprint density at radius 1 is 1.03 bits per heavy atom. The summed E-state index contributed by atoms with van der Waals surface area (Å²) < 4.78 is 43.4. The molecule has 0 aliphatic carbocycles. The fourth-order valence-corrected chi connectivity index (χ4v) is 4.26. The molecule has 0 N–H and O–H groups in total. The zero-order valence-electron chi connectivity index (χ0n) is 17.3. The Hall–Kier alpha value is -2.61. The summed E-state index contributed by atoms with van der Waals surface area (Å²) in [7, 11) is 0. The predicted octanol–water partition coefficient (Wildman–Crippen LogP) is 4.38. The molecule has 166 valence electrons. The Bertz CT molecular complexity index is 878. The average Bonchev–Trinajstić information content (AvgIpc) is 3.44. The highest BCUT2D eigenvalue weighted by molar-refractivity contribution is 5.94. The molecule has 0 saturated carbocycles. The van der Waals surface area contributed by atoms with Crippen LogP contribution >= 0.6 is 0 Å². The first-order chi connectivity index (χ1) is 14.9. The molecule has 0 bridgehead atoms. The Balaban J connectivity index is 1.32. The summed E-state index contributed by atoms with van der Waals surface area (Å²) in [6, 6.07) is 9.49. The molecule has 1 unspecified atom stereocenters. The van der Waals surface area contributed by atoms with Crippen molar-refractivity contribution in [2.24, 2.45) is 0 Å². The highest BCUT2D eigenvalue weighted by atomic mass is 19.4. The topological polar surface area (TPSA) is 45.7 Å². The number of likely N-dealkylation sites (tertiary alicyclic amines) is 2. The first-order valence-electron chi connectivity index (χ1n) is 10.7. The van der Waals surface area contributed by atoms with Crippen LogP contribution in [0.3, 0.4) is 0 Å². The van der Waals surface area contributed by atoms with Crippen LogP contribution in [-0.4, -0.2) is 52.9 Å². The van der Waals surface area contributed by atoms with E-state index >= 15 is 0 Å². The lowest BCUT2D eigenvalue weighted by atomic mass is 10.1. The molecule has 0 spiro atoms. The number of carbonyl (C=O) groups excluding carboxylic acids is 1. The van der Waals surface area contributed by atoms with Gasteiger partial charge in [0.15, 0.2) is 0 Å². The van der Waals surface area contributed by atoms with Crippen molar-refractivity contribution >= 4 is 5.91 Å². The number of ether oxygens (including phenoxy) is 1. The largest absolute Gasteiger partial charge is 0.489 e. The number of amides is 1. The molecule has 0 radical (unpaired) electrons. The number of aromatic nitrogens is 1. The average molecular weight is 433 g/mol. The van der Waals surface area contributed by atoms with E-state index in [1.807, 2.05) is 4.90 Å². The van der Waals surface area contributed by atoms with Crippen molar-refractivity contribution in [1.29, 1.82) is 0 Å². The summed E-state index contributed by atoms with van der Waals surface area (Å²) in [6.45, 7) is 4.09. The van der Waals surface area contributed by atoms with E-state index in [0.29, 0.717) is 16.9 Å². The van der Waals surface area contributed by atoms with Crippen LogP contribution in [0.2, 0.25) is 0 Å². The third-order valence-electron chi connectivity index (χ3n) is 5.93. The van der Waals surface area contributed by atoms with Gasteiger partial charge in [0.25, 0.3) is 5.91 Å². The molecular formula is C23H26F3N3O2. The van der Waals surface area contributed by atoms with Gasteiger partial charge in [-0.1, -0.05) is 6.07 Å². The predicted molar refractivity (Wildman–Crippen MR) is 110 cm³/mol. The van der Waals surface area contributed by atoms with Gasteiger partial charge >= 0.3 is 6.18 Å². The van der Waals surface area contributed by atoms with Crippen molar-refractivity contribution in [3.8, 4) is 5.75 Å². The van der Waals surface area contributed by atoms with Crippen LogP contribution in [0, 0.1) is 0 Å². The van der Waals surface area contributed by atoms with E-state index in [4.69, 9.17) is 4.74 Å². The molecule has 1 aromatic heterocycles. The maximum Gasteiger partial charge on any atom is 0.433 e. The van der Waals surface area contributed by atoms with E-state index in [1.165, 1.54) is 18.9 Å². The van der Waals surface area contributed by atoms with Gasteiger partial charge in [-0.2, -0.15) is 13.2 Å². The van der Waals surface area contributed by atoms with Crippen LogP contribution in [-0.2, 0) is 12.8 Å². The van der Waals surface area contributed by atoms with E-state index < -0.39 is 11.9 Å². The second-order valence-electron chi connectivity index (χ2n) is 8.16. The van der Waals surface area contributed by atoms with Crippen LogP contribution < -0.4 is 4.74 Å². The minimum absolute atomic E-state index is 0.0418. The normalized spacial score (nSPS) is 19.7. The highest BCUT2D eigenvalue weighted by Crippen LogP contribution is 2.27. The van der Waals surface area contributed by atoms with Gasteiger partial charge in [-0.25, -0.2) is 0 Å². The third-order valence-corrected chi connectivity index (χ3v) is 5.93. The number of benzene rings is 1. The summed E-state index contributed by atoms with van der Waals surface area (Å²) in [5.41, 5.74) is 0.232. The fourth-order valence-electron chi connectivity index (χ4n) is 4.26. The van der Waals surface area contributed by atoms with Crippen molar-refractivity contribution < 1.29 is 22.7 Å². The quantitative estimate of drug-likeness (QED) is 0.678. The van der Waals surface area contributed by atoms with Gasteiger partial charge in [0, 0.05) is 36.5 Å². The Labute approximate surface area is 179 Å². The zero-order chi connectivity index (χ0) is 21.8. The minimum atomic E-state index is -4.45. The van der Waals surface area contributed by atoms with Crippen molar-refractivity contribution in [2.45, 2.75) is 44.5 Å². The molecule has 2 saturated heterocycles. The van der Waals surface area contributed by atoms with Gasteiger partial charge in [0.05, 0.1) is 0 Å². The van der Waals surface area contributed by atoms with E-state index in [9.17, 15) is 18.0 Å². The van der Waals surface area contributed by atoms with Gasteiger partial charge in [0.1, 0.15) is 18.1 Å². The van der Waals surface area contributed by atoms with Gasteiger partial charge in [-0.3, -0.25) is 9.78 Å². The monoisotopic (exact) mass is 433 g/mol. The Kier molecular flexibility index (Phi) is 6.46. The van der Waals surface area contributed by atoms with Crippen LogP contribution in [0.4, 0.5) is 13.2 Å². The Morgan fingerprint density at radius 3 is 2.42 bits per heavy atom. The number of alkyl halides is 3. The van der Waals surface area contributed by atoms with Gasteiger partial charge in [0.2, 0.25) is 0 Å². The molecule has 4 rings (SSSR count). The van der Waals surface area contributed by atoms with Crippen LogP contribution in [0.15, 0.2) is 42.6 Å². The molecule has 2 aromatic rings. The van der Waals surface area contributed by atoms with Gasteiger partial charge in [-0.05, 0) is 69.1 Å². The van der Waals surface area contributed by atoms with Crippen molar-refractivity contribution in [1.82, 2.24) is 14.8 Å². The third kappa shape index (κ3) is 5.36. The lowest BCUT2D eigenvalue weighted by molar-refractivity contribution is -0.141. The standard InChI is InChI=1S/C23H26F3N3O2/c24-23(25,26)21-10-5-17(14-27-21)16-31-20-8-6-18(7-9-20)22(30)29-13-3-4-19(29)15-28-11-1-2-12-28/h5-10,14,19H,1-4,11-13,15-16H2. The van der Waals surface area contributed by atoms with Crippen molar-refractivity contribution in [3.63, 3.8) is 0 Å². The molecule has 31 heavy (non-hydrogen) atoms. The molecular weight excluding hydrogens is 407 g/mol. The maximum absolute atomic E-state index is 13.0. The molecule has 2 aliphatic rings. The second-order valence-corrected chi connectivity index (χ2v) is 8.16. The molecule has 1 atom stereocenters. The summed E-state index contributed by atoms with van der Waals surface area (Å²) in [4.78, 5) is 20.9. The summed E-state index contributed by atoms with van der Waals surface area (Å²) in [6.07, 6.45) is 1.27. The molecule has 2 aliphatic heterocycles. The second kappa shape index (κ2) is 9.26. The SMILES string of the molecule is O=C(c1ccc(OCc2ccc(C(F)(F)F)nc2)cc1)N1CCCC1CN1CCCC1. The number of rotatable bonds is 6. The number of pyridine rings is 1. The fraction of sp³-hybridized carbons (Fsp3) is 0.478. The first-order valence-corrected chi connectivity index (χ1v) is 10.7. The Morgan fingerprint density at radius 2 is 1.77 bits per heavy atom. The van der Waals surface area contributed by atoms with E-state index in [0.717, 1.165) is 51.3 Å². The summed E-state index contributed by atoms with van der Waals surface area (Å²) >= 11 is 0. The minimum Gasteiger partial charge on any atom is -0.489 e. The maximum atomic E-state index is 13.0. The molecule has 1 amide bonds. The smallest absolute Gasteiger partial charge is 0.433 e. The van der Waals surface area contributed by atoms with E-state index in [-0.39, 0.29) is 18.6 Å². The van der Waals surface area contributed by atoms with Crippen LogP contribution in [0.1, 0.15) is 47.3 Å². The summed E-state index contributed by atoms with van der Waals surface area (Å²) in [5.74, 6) is 0.590. The highest BCUT2D eigenvalue weighted by Gasteiger charge is 2.32. The van der Waals surface area contributed by atoms with E-state index in [1.54, 1.807) is 24.3 Å². The molecule has 3 heterocycles. The number of hydrogen-bond donors (Lipinski definition) is 0. The van der Waals surface area contributed by atoms with Gasteiger partial charge in [-0.15, -0.1) is 0 Å². The number of hydrogen-bond acceptors (Lipinski definition) is 4. The number of carbonyl (C=O) groups is 1. The summed E-state index contributed by atoms with van der Waals surface area (Å²) in [5, 5.41) is 0. The zero-order valence-corrected chi connectivity index (χ0v) is 17.3. The van der Waals surface area contributed by atoms with Crippen LogP contribution in [0.25, 0.3) is 0 Å². The number of nitrogens with zero attached hydrogens (tertiary/aromatic N) is 3. The first kappa shape index (κ1) is 21.6. The lowest BCUT2D eigenvalue weighted by Crippen LogP contribution is -2.42. The molecule has 1 aromatic carbocycles. The molecule has 5 nitrogen and oxygen atoms in total. The van der Waals surface area contributed by atoms with E-state index in [2.05, 4.69) is 9.88 Å². The molecule has 2 fully saturated rings. The van der Waals surface area contributed by atoms with Crippen molar-refractivity contribution in [2.75, 3.05) is 26.2 Å². The lowest BCUT2D eigenvalue weighted by Gasteiger charge is -2.28.